The van der Waals surface area contributed by atoms with Crippen LogP contribution in [-0.2, 0) is 20.4 Å². The molecule has 1 heterocycles. The van der Waals surface area contributed by atoms with Gasteiger partial charge >= 0.3 is 0 Å². The number of hydrogen-bond donors (Lipinski definition) is 1. The van der Waals surface area contributed by atoms with Crippen molar-refractivity contribution < 1.29 is 13.8 Å². The maximum absolute atomic E-state index is 11.7. The van der Waals surface area contributed by atoms with Gasteiger partial charge in [0.25, 0.3) is 0 Å². The number of piperazine rings is 1. The largest absolute Gasteiger partial charge is 0.304 e. The Kier molecular flexibility index (Phi) is 4.41. The average Bonchev–Trinajstić information content (AvgIpc) is 2.15. The molecule has 0 aromatic rings. The van der Waals surface area contributed by atoms with E-state index in [1.54, 1.807) is 6.26 Å². The SMILES string of the molecule is CC(=O)N1CCN[C@@H](CCS(C)=O)C1=O. The lowest BCUT2D eigenvalue weighted by atomic mass is 10.1. The van der Waals surface area contributed by atoms with Crippen LogP contribution >= 0.6 is 0 Å². The van der Waals surface area contributed by atoms with Crippen molar-refractivity contribution in [3.05, 3.63) is 0 Å². The first-order chi connectivity index (χ1) is 7.02. The Balaban J connectivity index is 2.55. The van der Waals surface area contributed by atoms with E-state index in [1.165, 1.54) is 11.8 Å². The van der Waals surface area contributed by atoms with Gasteiger partial charge in [0.2, 0.25) is 11.8 Å². The Morgan fingerprint density at radius 2 is 2.33 bits per heavy atom. The Morgan fingerprint density at radius 3 is 2.87 bits per heavy atom. The molecule has 15 heavy (non-hydrogen) atoms. The van der Waals surface area contributed by atoms with Gasteiger partial charge in [-0.05, 0) is 6.42 Å². The van der Waals surface area contributed by atoms with Crippen LogP contribution in [0.1, 0.15) is 13.3 Å². The first kappa shape index (κ1) is 12.3. The van der Waals surface area contributed by atoms with E-state index in [1.807, 2.05) is 0 Å². The first-order valence-electron chi connectivity index (χ1n) is 4.87. The third kappa shape index (κ3) is 3.39. The summed E-state index contributed by atoms with van der Waals surface area (Å²) in [7, 11) is -0.900. The van der Waals surface area contributed by atoms with Gasteiger partial charge in [0.05, 0.1) is 6.04 Å². The Labute approximate surface area is 91.7 Å². The highest BCUT2D eigenvalue weighted by Crippen LogP contribution is 2.05. The topological polar surface area (TPSA) is 66.5 Å². The van der Waals surface area contributed by atoms with Crippen LogP contribution in [0.15, 0.2) is 0 Å². The third-order valence-electron chi connectivity index (χ3n) is 2.36. The second-order valence-corrected chi connectivity index (χ2v) is 5.14. The number of nitrogens with one attached hydrogen (secondary N) is 1. The zero-order valence-electron chi connectivity index (χ0n) is 8.99. The standard InChI is InChI=1S/C9H16N2O3S/c1-7(12)11-5-4-10-8(9(11)13)3-6-15(2)14/h8,10H,3-6H2,1-2H3/t8-,15?/m0/s1. The average molecular weight is 232 g/mol. The number of hydrogen-bond acceptors (Lipinski definition) is 4. The Morgan fingerprint density at radius 1 is 1.67 bits per heavy atom. The van der Waals surface area contributed by atoms with Crippen molar-refractivity contribution in [1.82, 2.24) is 10.2 Å². The molecule has 0 bridgehead atoms. The van der Waals surface area contributed by atoms with Gasteiger partial charge in [0.1, 0.15) is 0 Å². The van der Waals surface area contributed by atoms with Crippen LogP contribution in [-0.4, -0.2) is 52.1 Å². The molecule has 1 aliphatic rings. The van der Waals surface area contributed by atoms with E-state index in [4.69, 9.17) is 0 Å². The van der Waals surface area contributed by atoms with Gasteiger partial charge in [-0.1, -0.05) is 0 Å². The van der Waals surface area contributed by atoms with Crippen molar-refractivity contribution in [3.8, 4) is 0 Å². The molecule has 6 heteroatoms. The number of imide groups is 1. The van der Waals surface area contributed by atoms with Crippen molar-refractivity contribution >= 4 is 22.6 Å². The maximum Gasteiger partial charge on any atom is 0.246 e. The molecule has 2 amide bonds. The van der Waals surface area contributed by atoms with E-state index in [9.17, 15) is 13.8 Å². The van der Waals surface area contributed by atoms with Crippen LogP contribution in [0.2, 0.25) is 0 Å². The lowest BCUT2D eigenvalue weighted by Gasteiger charge is -2.30. The molecule has 0 radical (unpaired) electrons. The summed E-state index contributed by atoms with van der Waals surface area (Å²) in [4.78, 5) is 24.1. The number of carbonyl (C=O) groups is 2. The third-order valence-corrected chi connectivity index (χ3v) is 3.17. The second kappa shape index (κ2) is 5.37. The Bertz CT molecular complexity index is 293. The summed E-state index contributed by atoms with van der Waals surface area (Å²) in [5.74, 6) is 0.0677. The highest BCUT2D eigenvalue weighted by atomic mass is 32.2. The molecule has 0 aliphatic carbocycles. The molecule has 1 rings (SSSR count). The van der Waals surface area contributed by atoms with Gasteiger partial charge in [-0.15, -0.1) is 0 Å². The number of rotatable bonds is 3. The molecule has 1 saturated heterocycles. The molecule has 0 aromatic carbocycles. The van der Waals surface area contributed by atoms with Gasteiger partial charge in [-0.3, -0.25) is 18.7 Å². The molecule has 0 aromatic heterocycles. The zero-order chi connectivity index (χ0) is 11.4. The molecule has 0 spiro atoms. The minimum absolute atomic E-state index is 0.195. The van der Waals surface area contributed by atoms with Crippen LogP contribution in [0.3, 0.4) is 0 Å². The molecule has 1 N–H and O–H groups in total. The molecule has 1 fully saturated rings. The molecule has 0 saturated carbocycles. The molecule has 86 valence electrons. The summed E-state index contributed by atoms with van der Waals surface area (Å²) in [5.41, 5.74) is 0. The molecule has 2 atom stereocenters. The van der Waals surface area contributed by atoms with Crippen molar-refractivity contribution in [2.75, 3.05) is 25.1 Å². The quantitative estimate of drug-likeness (QED) is 0.685. The summed E-state index contributed by atoms with van der Waals surface area (Å²) in [6.07, 6.45) is 2.13. The molecular formula is C9H16N2O3S. The van der Waals surface area contributed by atoms with E-state index >= 15 is 0 Å². The van der Waals surface area contributed by atoms with Crippen molar-refractivity contribution in [3.63, 3.8) is 0 Å². The van der Waals surface area contributed by atoms with Gasteiger partial charge in [-0.25, -0.2) is 0 Å². The normalized spacial score (nSPS) is 24.0. The molecule has 5 nitrogen and oxygen atoms in total. The van der Waals surface area contributed by atoms with Crippen LogP contribution in [0.25, 0.3) is 0 Å². The lowest BCUT2D eigenvalue weighted by Crippen LogP contribution is -2.56. The van der Waals surface area contributed by atoms with Crippen LogP contribution in [0, 0.1) is 0 Å². The smallest absolute Gasteiger partial charge is 0.246 e. The number of nitrogens with zero attached hydrogens (tertiary/aromatic N) is 1. The lowest BCUT2D eigenvalue weighted by molar-refractivity contribution is -0.146. The highest BCUT2D eigenvalue weighted by molar-refractivity contribution is 7.84. The second-order valence-electron chi connectivity index (χ2n) is 3.58. The molecule has 1 unspecified atom stereocenters. The van der Waals surface area contributed by atoms with Crippen molar-refractivity contribution in [1.29, 1.82) is 0 Å². The molecule has 1 aliphatic heterocycles. The van der Waals surface area contributed by atoms with Gasteiger partial charge in [-0.2, -0.15) is 0 Å². The van der Waals surface area contributed by atoms with E-state index in [0.29, 0.717) is 25.3 Å². The number of amides is 2. The first-order valence-corrected chi connectivity index (χ1v) is 6.60. The monoisotopic (exact) mass is 232 g/mol. The van der Waals surface area contributed by atoms with Gasteiger partial charge < -0.3 is 5.32 Å². The van der Waals surface area contributed by atoms with Crippen LogP contribution in [0.5, 0.6) is 0 Å². The summed E-state index contributed by atoms with van der Waals surface area (Å²) in [6, 6.07) is -0.355. The highest BCUT2D eigenvalue weighted by Gasteiger charge is 2.30. The van der Waals surface area contributed by atoms with Crippen LogP contribution < -0.4 is 5.32 Å². The fraction of sp³-hybridized carbons (Fsp3) is 0.778. The fourth-order valence-corrected chi connectivity index (χ4v) is 2.13. The summed E-state index contributed by atoms with van der Waals surface area (Å²) < 4.78 is 10.9. The predicted molar refractivity (Wildman–Crippen MR) is 57.7 cm³/mol. The minimum atomic E-state index is -0.900. The number of carbonyl (C=O) groups excluding carboxylic acids is 2. The van der Waals surface area contributed by atoms with Crippen molar-refractivity contribution in [2.24, 2.45) is 0 Å². The summed E-state index contributed by atoms with van der Waals surface area (Å²) >= 11 is 0. The van der Waals surface area contributed by atoms with E-state index in [2.05, 4.69) is 5.32 Å². The fourth-order valence-electron chi connectivity index (χ4n) is 1.56. The summed E-state index contributed by atoms with van der Waals surface area (Å²) in [6.45, 7) is 2.43. The Hall–Kier alpha value is -0.750. The van der Waals surface area contributed by atoms with Gasteiger partial charge in [0, 0.05) is 42.8 Å². The zero-order valence-corrected chi connectivity index (χ0v) is 9.80. The van der Waals surface area contributed by atoms with Crippen molar-refractivity contribution in [2.45, 2.75) is 19.4 Å². The van der Waals surface area contributed by atoms with Crippen LogP contribution in [0.4, 0.5) is 0 Å². The van der Waals surface area contributed by atoms with Gasteiger partial charge in [0.15, 0.2) is 0 Å². The maximum atomic E-state index is 11.7. The van der Waals surface area contributed by atoms with E-state index < -0.39 is 10.8 Å². The summed E-state index contributed by atoms with van der Waals surface area (Å²) in [5, 5.41) is 3.03. The van der Waals surface area contributed by atoms with E-state index in [-0.39, 0.29) is 17.9 Å². The minimum Gasteiger partial charge on any atom is -0.304 e. The van der Waals surface area contributed by atoms with E-state index in [0.717, 1.165) is 0 Å². The predicted octanol–water partition coefficient (Wildman–Crippen LogP) is -0.898. The molecular weight excluding hydrogens is 216 g/mol.